The topological polar surface area (TPSA) is 77.4 Å². The lowest BCUT2D eigenvalue weighted by molar-refractivity contribution is 0.0955. The van der Waals surface area contributed by atoms with Gasteiger partial charge in [0.25, 0.3) is 5.91 Å². The highest BCUT2D eigenvalue weighted by molar-refractivity contribution is 5.95. The number of piperazine rings is 1. The maximum atomic E-state index is 12.4. The molecule has 1 aliphatic rings. The van der Waals surface area contributed by atoms with E-state index in [4.69, 9.17) is 4.74 Å². The fraction of sp³-hybridized carbons (Fsp3) is 0.231. The van der Waals surface area contributed by atoms with Crippen LogP contribution < -0.4 is 15.1 Å². The molecule has 1 saturated heterocycles. The number of nitrogens with zero attached hydrogens (tertiary/aromatic N) is 3. The third kappa shape index (κ3) is 5.70. The lowest BCUT2D eigenvalue weighted by Gasteiger charge is -2.36. The van der Waals surface area contributed by atoms with E-state index in [2.05, 4.69) is 44.6 Å². The summed E-state index contributed by atoms with van der Waals surface area (Å²) in [6.45, 7) is 4.88. The van der Waals surface area contributed by atoms with Crippen molar-refractivity contribution in [2.45, 2.75) is 6.54 Å². The zero-order chi connectivity index (χ0) is 23.0. The highest BCUT2D eigenvalue weighted by Crippen LogP contribution is 2.27. The number of ether oxygens (including phenoxy) is 1. The fourth-order valence-electron chi connectivity index (χ4n) is 3.86. The SMILES string of the molecule is COc1cccc(/C=N/NC(=O)c2ccc(CN3CCN(c4ccccc4)CC3)cc2)c1O. The summed E-state index contributed by atoms with van der Waals surface area (Å²) in [5.41, 5.74) is 5.93. The van der Waals surface area contributed by atoms with Crippen LogP contribution in [0.3, 0.4) is 0 Å². The number of carbonyl (C=O) groups excluding carboxylic acids is 1. The van der Waals surface area contributed by atoms with Crippen LogP contribution in [0.1, 0.15) is 21.5 Å². The van der Waals surface area contributed by atoms with E-state index in [1.165, 1.54) is 24.6 Å². The van der Waals surface area contributed by atoms with Crippen LogP contribution in [0.5, 0.6) is 11.5 Å². The van der Waals surface area contributed by atoms with Gasteiger partial charge in [-0.15, -0.1) is 0 Å². The molecule has 0 unspecified atom stereocenters. The van der Waals surface area contributed by atoms with Gasteiger partial charge in [-0.1, -0.05) is 36.4 Å². The predicted octanol–water partition coefficient (Wildman–Crippen LogP) is 3.49. The van der Waals surface area contributed by atoms with Gasteiger partial charge in [-0.2, -0.15) is 5.10 Å². The van der Waals surface area contributed by atoms with Gasteiger partial charge in [0.05, 0.1) is 13.3 Å². The summed E-state index contributed by atoms with van der Waals surface area (Å²) in [6.07, 6.45) is 1.39. The predicted molar refractivity (Wildman–Crippen MR) is 130 cm³/mol. The normalized spacial score (nSPS) is 14.4. The molecule has 3 aromatic rings. The van der Waals surface area contributed by atoms with Crippen molar-refractivity contribution in [1.82, 2.24) is 10.3 Å². The highest BCUT2D eigenvalue weighted by atomic mass is 16.5. The first kappa shape index (κ1) is 22.4. The monoisotopic (exact) mass is 444 g/mol. The molecular formula is C26H28N4O3. The lowest BCUT2D eigenvalue weighted by Crippen LogP contribution is -2.45. The van der Waals surface area contributed by atoms with Gasteiger partial charge >= 0.3 is 0 Å². The second-order valence-electron chi connectivity index (χ2n) is 7.89. The maximum Gasteiger partial charge on any atom is 0.271 e. The van der Waals surface area contributed by atoms with E-state index < -0.39 is 0 Å². The van der Waals surface area contributed by atoms with Gasteiger partial charge in [0.2, 0.25) is 0 Å². The molecule has 7 heteroatoms. The van der Waals surface area contributed by atoms with Gasteiger partial charge in [-0.25, -0.2) is 5.43 Å². The summed E-state index contributed by atoms with van der Waals surface area (Å²) in [6, 6.07) is 23.2. The fourth-order valence-corrected chi connectivity index (χ4v) is 3.86. The van der Waals surface area contributed by atoms with Gasteiger partial charge in [-0.3, -0.25) is 9.69 Å². The quantitative estimate of drug-likeness (QED) is 0.431. The Balaban J connectivity index is 1.27. The molecule has 1 aliphatic heterocycles. The molecule has 2 N–H and O–H groups in total. The Bertz CT molecular complexity index is 1090. The van der Waals surface area contributed by atoms with Gasteiger partial charge in [-0.05, 0) is 42.0 Å². The number of rotatable bonds is 7. The number of nitrogens with one attached hydrogen (secondary N) is 1. The number of hydrogen-bond acceptors (Lipinski definition) is 6. The number of aromatic hydroxyl groups is 1. The van der Waals surface area contributed by atoms with Crippen LogP contribution in [0.25, 0.3) is 0 Å². The smallest absolute Gasteiger partial charge is 0.271 e. The number of anilines is 1. The maximum absolute atomic E-state index is 12.4. The second kappa shape index (κ2) is 10.7. The minimum Gasteiger partial charge on any atom is -0.504 e. The zero-order valence-corrected chi connectivity index (χ0v) is 18.6. The van der Waals surface area contributed by atoms with Crippen molar-refractivity contribution in [2.24, 2.45) is 5.10 Å². The van der Waals surface area contributed by atoms with Crippen LogP contribution >= 0.6 is 0 Å². The minimum absolute atomic E-state index is 0.0213. The molecular weight excluding hydrogens is 416 g/mol. The minimum atomic E-state index is -0.309. The molecule has 1 heterocycles. The molecule has 170 valence electrons. The Labute approximate surface area is 193 Å². The average molecular weight is 445 g/mol. The van der Waals surface area contributed by atoms with Crippen molar-refractivity contribution in [1.29, 1.82) is 0 Å². The Kier molecular flexibility index (Phi) is 7.22. The molecule has 0 bridgehead atoms. The summed E-state index contributed by atoms with van der Waals surface area (Å²) < 4.78 is 5.07. The molecule has 0 radical (unpaired) electrons. The van der Waals surface area contributed by atoms with E-state index in [1.54, 1.807) is 18.2 Å². The average Bonchev–Trinajstić information content (AvgIpc) is 2.86. The molecule has 0 atom stereocenters. The van der Waals surface area contributed by atoms with E-state index in [1.807, 2.05) is 30.3 Å². The molecule has 3 aromatic carbocycles. The first-order valence-corrected chi connectivity index (χ1v) is 10.9. The first-order valence-electron chi connectivity index (χ1n) is 10.9. The van der Waals surface area contributed by atoms with E-state index in [0.717, 1.165) is 32.7 Å². The van der Waals surface area contributed by atoms with Crippen molar-refractivity contribution < 1.29 is 14.6 Å². The van der Waals surface area contributed by atoms with Crippen LogP contribution in [0.4, 0.5) is 5.69 Å². The van der Waals surface area contributed by atoms with E-state index in [0.29, 0.717) is 16.9 Å². The van der Waals surface area contributed by atoms with Crippen LogP contribution in [-0.4, -0.2) is 55.4 Å². The number of hydrazone groups is 1. The summed E-state index contributed by atoms with van der Waals surface area (Å²) in [7, 11) is 1.48. The second-order valence-corrected chi connectivity index (χ2v) is 7.89. The van der Waals surface area contributed by atoms with Gasteiger partial charge in [0, 0.05) is 49.5 Å². The van der Waals surface area contributed by atoms with Crippen molar-refractivity contribution in [3.63, 3.8) is 0 Å². The summed E-state index contributed by atoms with van der Waals surface area (Å²) in [5, 5.41) is 14.0. The van der Waals surface area contributed by atoms with Crippen LogP contribution in [0.2, 0.25) is 0 Å². The van der Waals surface area contributed by atoms with Crippen molar-refractivity contribution in [2.75, 3.05) is 38.2 Å². The van der Waals surface area contributed by atoms with Gasteiger partial charge in [0.1, 0.15) is 0 Å². The number of amides is 1. The Morgan fingerprint density at radius 1 is 1.00 bits per heavy atom. The molecule has 0 aliphatic carbocycles. The zero-order valence-electron chi connectivity index (χ0n) is 18.6. The number of phenols is 1. The third-order valence-corrected chi connectivity index (χ3v) is 5.74. The van der Waals surface area contributed by atoms with Gasteiger partial charge < -0.3 is 14.7 Å². The number of phenolic OH excluding ortho intramolecular Hbond substituents is 1. The summed E-state index contributed by atoms with van der Waals surface area (Å²) >= 11 is 0. The van der Waals surface area contributed by atoms with E-state index in [9.17, 15) is 9.90 Å². The Morgan fingerprint density at radius 2 is 1.73 bits per heavy atom. The number of carbonyl (C=O) groups is 1. The molecule has 1 amide bonds. The first-order chi connectivity index (χ1) is 16.1. The van der Waals surface area contributed by atoms with Crippen molar-refractivity contribution >= 4 is 17.8 Å². The van der Waals surface area contributed by atoms with E-state index >= 15 is 0 Å². The van der Waals surface area contributed by atoms with Crippen LogP contribution in [-0.2, 0) is 6.54 Å². The van der Waals surface area contributed by atoms with E-state index in [-0.39, 0.29) is 11.7 Å². The largest absolute Gasteiger partial charge is 0.504 e. The van der Waals surface area contributed by atoms with Crippen molar-refractivity contribution in [3.05, 3.63) is 89.5 Å². The molecule has 4 rings (SSSR count). The third-order valence-electron chi connectivity index (χ3n) is 5.74. The molecule has 0 saturated carbocycles. The van der Waals surface area contributed by atoms with Gasteiger partial charge in [0.15, 0.2) is 11.5 Å². The summed E-state index contributed by atoms with van der Waals surface area (Å²) in [4.78, 5) is 17.2. The molecule has 0 aromatic heterocycles. The van der Waals surface area contributed by atoms with Crippen molar-refractivity contribution in [3.8, 4) is 11.5 Å². The standard InChI is InChI=1S/C26H28N4O3/c1-33-24-9-5-6-22(25(24)31)18-27-28-26(32)21-12-10-20(11-13-21)19-29-14-16-30(17-15-29)23-7-3-2-4-8-23/h2-13,18,31H,14-17,19H2,1H3,(H,28,32)/b27-18+. The lowest BCUT2D eigenvalue weighted by atomic mass is 10.1. The number of para-hydroxylation sites is 2. The van der Waals surface area contributed by atoms with Crippen LogP contribution in [0, 0.1) is 0 Å². The number of hydrogen-bond donors (Lipinski definition) is 2. The number of methoxy groups -OCH3 is 1. The Morgan fingerprint density at radius 3 is 2.42 bits per heavy atom. The molecule has 7 nitrogen and oxygen atoms in total. The highest BCUT2D eigenvalue weighted by Gasteiger charge is 2.17. The Hall–Kier alpha value is -3.84. The van der Waals surface area contributed by atoms with Crippen LogP contribution in [0.15, 0.2) is 77.9 Å². The molecule has 33 heavy (non-hydrogen) atoms. The molecule has 1 fully saturated rings. The number of benzene rings is 3. The summed E-state index contributed by atoms with van der Waals surface area (Å²) in [5.74, 6) is 0.0194. The molecule has 0 spiro atoms.